The van der Waals surface area contributed by atoms with Crippen molar-refractivity contribution in [1.82, 2.24) is 15.5 Å². The van der Waals surface area contributed by atoms with Gasteiger partial charge in [-0.25, -0.2) is 0 Å². The number of amides is 1. The third kappa shape index (κ3) is 5.31. The molecule has 1 amide bonds. The molecule has 0 unspecified atom stereocenters. The van der Waals surface area contributed by atoms with Crippen molar-refractivity contribution in [1.29, 1.82) is 0 Å². The van der Waals surface area contributed by atoms with Crippen LogP contribution in [0.2, 0.25) is 0 Å². The van der Waals surface area contributed by atoms with E-state index in [-0.39, 0.29) is 18.1 Å². The average molecular weight is 337 g/mol. The number of rotatable bonds is 7. The molecule has 0 aliphatic carbocycles. The summed E-state index contributed by atoms with van der Waals surface area (Å²) in [5, 5.41) is 11.4. The molecule has 1 N–H and O–H groups in total. The molecule has 22 heavy (non-hydrogen) atoms. The van der Waals surface area contributed by atoms with Crippen molar-refractivity contribution in [3.63, 3.8) is 0 Å². The number of ether oxygens (including phenoxy) is 1. The number of nitrogens with zero attached hydrogens (tertiary/aromatic N) is 2. The van der Waals surface area contributed by atoms with Gasteiger partial charge in [0.15, 0.2) is 4.34 Å². The van der Waals surface area contributed by atoms with Crippen LogP contribution in [0.25, 0.3) is 0 Å². The largest absolute Gasteiger partial charge is 0.466 e. The van der Waals surface area contributed by atoms with Crippen LogP contribution in [0.4, 0.5) is 0 Å². The van der Waals surface area contributed by atoms with E-state index in [0.29, 0.717) is 10.9 Å². The van der Waals surface area contributed by atoms with Crippen molar-refractivity contribution in [3.05, 3.63) is 35.9 Å². The quantitative estimate of drug-likeness (QED) is 0.786. The summed E-state index contributed by atoms with van der Waals surface area (Å²) in [6.07, 6.45) is 0.0702. The summed E-state index contributed by atoms with van der Waals surface area (Å²) < 4.78 is 6.19. The molecule has 5 nitrogen and oxygen atoms in total. The van der Waals surface area contributed by atoms with Crippen molar-refractivity contribution in [2.75, 3.05) is 5.75 Å². The SMILES string of the molecule is CC(C)Oc1nnc(SCC(=O)N[C@@H](C)c2ccccc2)s1. The molecular formula is C15H19N3O2S2. The first-order valence-corrected chi connectivity index (χ1v) is 8.82. The van der Waals surface area contributed by atoms with Gasteiger partial charge in [0, 0.05) is 0 Å². The van der Waals surface area contributed by atoms with Gasteiger partial charge in [-0.2, -0.15) is 0 Å². The zero-order chi connectivity index (χ0) is 15.9. The minimum atomic E-state index is -0.0251. The Kier molecular flexibility index (Phi) is 6.21. The Hall–Kier alpha value is -1.60. The topological polar surface area (TPSA) is 64.1 Å². The minimum absolute atomic E-state index is 0.0106. The van der Waals surface area contributed by atoms with Crippen LogP contribution in [0.5, 0.6) is 5.19 Å². The van der Waals surface area contributed by atoms with Crippen LogP contribution in [-0.2, 0) is 4.79 Å². The summed E-state index contributed by atoms with van der Waals surface area (Å²) in [5.41, 5.74) is 1.09. The van der Waals surface area contributed by atoms with E-state index in [2.05, 4.69) is 15.5 Å². The molecule has 1 atom stereocenters. The number of carbonyl (C=O) groups is 1. The lowest BCUT2D eigenvalue weighted by Gasteiger charge is -2.13. The minimum Gasteiger partial charge on any atom is -0.466 e. The van der Waals surface area contributed by atoms with E-state index in [1.807, 2.05) is 51.1 Å². The highest BCUT2D eigenvalue weighted by molar-refractivity contribution is 8.01. The maximum Gasteiger partial charge on any atom is 0.295 e. The van der Waals surface area contributed by atoms with Gasteiger partial charge in [0.2, 0.25) is 5.91 Å². The predicted octanol–water partition coefficient (Wildman–Crippen LogP) is 3.29. The van der Waals surface area contributed by atoms with E-state index in [1.54, 1.807) is 0 Å². The van der Waals surface area contributed by atoms with Crippen molar-refractivity contribution >= 4 is 29.0 Å². The van der Waals surface area contributed by atoms with Crippen molar-refractivity contribution in [2.45, 2.75) is 37.3 Å². The Morgan fingerprint density at radius 1 is 1.27 bits per heavy atom. The summed E-state index contributed by atoms with van der Waals surface area (Å²) >= 11 is 2.72. The zero-order valence-corrected chi connectivity index (χ0v) is 14.4. The van der Waals surface area contributed by atoms with E-state index in [0.717, 1.165) is 9.90 Å². The Morgan fingerprint density at radius 2 is 2.00 bits per heavy atom. The average Bonchev–Trinajstić information content (AvgIpc) is 2.93. The summed E-state index contributed by atoms with van der Waals surface area (Å²) in [6, 6.07) is 9.87. The van der Waals surface area contributed by atoms with Gasteiger partial charge >= 0.3 is 0 Å². The van der Waals surface area contributed by atoms with Crippen LogP contribution in [-0.4, -0.2) is 28.0 Å². The number of thioether (sulfide) groups is 1. The van der Waals surface area contributed by atoms with Crippen LogP contribution in [0.1, 0.15) is 32.4 Å². The number of hydrogen-bond acceptors (Lipinski definition) is 6. The summed E-state index contributed by atoms with van der Waals surface area (Å²) in [5.74, 6) is 0.288. The lowest BCUT2D eigenvalue weighted by Crippen LogP contribution is -2.28. The van der Waals surface area contributed by atoms with Gasteiger partial charge in [0.05, 0.1) is 17.9 Å². The fourth-order valence-electron chi connectivity index (χ4n) is 1.74. The van der Waals surface area contributed by atoms with Crippen molar-refractivity contribution in [2.24, 2.45) is 0 Å². The van der Waals surface area contributed by atoms with Crippen LogP contribution < -0.4 is 10.1 Å². The molecule has 0 saturated carbocycles. The van der Waals surface area contributed by atoms with Crippen LogP contribution in [0.15, 0.2) is 34.7 Å². The lowest BCUT2D eigenvalue weighted by atomic mass is 10.1. The Morgan fingerprint density at radius 3 is 2.68 bits per heavy atom. The zero-order valence-electron chi connectivity index (χ0n) is 12.8. The maximum atomic E-state index is 12.0. The fourth-order valence-corrected chi connectivity index (χ4v) is 3.36. The summed E-state index contributed by atoms with van der Waals surface area (Å²) in [4.78, 5) is 12.0. The van der Waals surface area contributed by atoms with Gasteiger partial charge in [-0.05, 0) is 37.7 Å². The molecule has 0 aliphatic heterocycles. The van der Waals surface area contributed by atoms with E-state index >= 15 is 0 Å². The molecule has 0 spiro atoms. The molecule has 1 heterocycles. The van der Waals surface area contributed by atoms with Gasteiger partial charge in [0.1, 0.15) is 0 Å². The second-order valence-electron chi connectivity index (χ2n) is 4.99. The third-order valence-corrected chi connectivity index (χ3v) is 4.68. The maximum absolute atomic E-state index is 12.0. The van der Waals surface area contributed by atoms with Crippen molar-refractivity contribution in [3.8, 4) is 5.19 Å². The van der Waals surface area contributed by atoms with Crippen molar-refractivity contribution < 1.29 is 9.53 Å². The van der Waals surface area contributed by atoms with Gasteiger partial charge < -0.3 is 10.1 Å². The number of nitrogens with one attached hydrogen (secondary N) is 1. The van der Waals surface area contributed by atoms with E-state index < -0.39 is 0 Å². The highest BCUT2D eigenvalue weighted by Gasteiger charge is 2.12. The van der Waals surface area contributed by atoms with Gasteiger partial charge in [0.25, 0.3) is 5.19 Å². The molecular weight excluding hydrogens is 318 g/mol. The Labute approximate surface area is 138 Å². The molecule has 0 fully saturated rings. The van der Waals surface area contributed by atoms with E-state index in [1.165, 1.54) is 23.1 Å². The van der Waals surface area contributed by atoms with Crippen LogP contribution in [0, 0.1) is 0 Å². The van der Waals surface area contributed by atoms with Crippen LogP contribution in [0.3, 0.4) is 0 Å². The normalized spacial score (nSPS) is 12.2. The number of aromatic nitrogens is 2. The van der Waals surface area contributed by atoms with Crippen LogP contribution >= 0.6 is 23.1 Å². The Bertz CT molecular complexity index is 602. The fraction of sp³-hybridized carbons (Fsp3) is 0.400. The molecule has 0 radical (unpaired) electrons. The second-order valence-corrected chi connectivity index (χ2v) is 7.15. The third-order valence-electron chi connectivity index (χ3n) is 2.73. The number of benzene rings is 1. The lowest BCUT2D eigenvalue weighted by molar-refractivity contribution is -0.119. The first kappa shape index (κ1) is 16.8. The second kappa shape index (κ2) is 8.14. The Balaban J connectivity index is 1.79. The highest BCUT2D eigenvalue weighted by Crippen LogP contribution is 2.27. The number of hydrogen-bond donors (Lipinski definition) is 1. The molecule has 2 aromatic rings. The summed E-state index contributed by atoms with van der Waals surface area (Å²) in [7, 11) is 0. The van der Waals surface area contributed by atoms with E-state index in [9.17, 15) is 4.79 Å². The van der Waals surface area contributed by atoms with Gasteiger partial charge in [-0.3, -0.25) is 4.79 Å². The highest BCUT2D eigenvalue weighted by atomic mass is 32.2. The smallest absolute Gasteiger partial charge is 0.295 e. The summed E-state index contributed by atoms with van der Waals surface area (Å²) in [6.45, 7) is 5.84. The standard InChI is InChI=1S/C15H19N3O2S2/c1-10(2)20-14-17-18-15(22-14)21-9-13(19)16-11(3)12-7-5-4-6-8-12/h4-8,10-11H,9H2,1-3H3,(H,16,19)/t11-/m0/s1. The van der Waals surface area contributed by atoms with E-state index in [4.69, 9.17) is 4.74 Å². The first-order chi connectivity index (χ1) is 10.5. The molecule has 0 saturated heterocycles. The number of carbonyl (C=O) groups excluding carboxylic acids is 1. The molecule has 0 aliphatic rings. The molecule has 2 rings (SSSR count). The van der Waals surface area contributed by atoms with Gasteiger partial charge in [-0.1, -0.05) is 47.2 Å². The molecule has 1 aromatic heterocycles. The first-order valence-electron chi connectivity index (χ1n) is 7.02. The molecule has 7 heteroatoms. The monoisotopic (exact) mass is 337 g/mol. The molecule has 0 bridgehead atoms. The molecule has 118 valence electrons. The molecule has 1 aromatic carbocycles. The van der Waals surface area contributed by atoms with Gasteiger partial charge in [-0.15, -0.1) is 5.10 Å². The predicted molar refractivity (Wildman–Crippen MR) is 89.4 cm³/mol.